The van der Waals surface area contributed by atoms with Gasteiger partial charge >= 0.3 is 0 Å². The van der Waals surface area contributed by atoms with E-state index in [1.165, 1.54) is 6.26 Å². The van der Waals surface area contributed by atoms with Crippen molar-refractivity contribution >= 4 is 5.91 Å². The van der Waals surface area contributed by atoms with Crippen LogP contribution in [-0.4, -0.2) is 42.6 Å². The second-order valence-electron chi connectivity index (χ2n) is 3.99. The number of hydrogen-bond acceptors (Lipinski definition) is 4. The number of nitrogens with zero attached hydrogens (tertiary/aromatic N) is 1. The molecule has 2 N–H and O–H groups in total. The van der Waals surface area contributed by atoms with E-state index < -0.39 is 0 Å². The van der Waals surface area contributed by atoms with E-state index in [0.717, 1.165) is 0 Å². The fourth-order valence-electron chi connectivity index (χ4n) is 1.90. The Hall–Kier alpha value is -1.33. The molecule has 0 bridgehead atoms. The molecule has 5 heteroatoms. The van der Waals surface area contributed by atoms with Gasteiger partial charge in [-0.3, -0.25) is 4.79 Å². The zero-order chi connectivity index (χ0) is 11.5. The zero-order valence-corrected chi connectivity index (χ0v) is 9.26. The van der Waals surface area contributed by atoms with Crippen LogP contribution in [0.25, 0.3) is 0 Å². The van der Waals surface area contributed by atoms with Crippen molar-refractivity contribution in [1.29, 1.82) is 0 Å². The van der Waals surface area contributed by atoms with Crippen LogP contribution in [0.1, 0.15) is 17.5 Å². The van der Waals surface area contributed by atoms with Gasteiger partial charge in [0.15, 0.2) is 5.76 Å². The van der Waals surface area contributed by atoms with E-state index in [1.807, 2.05) is 6.92 Å². The third-order valence-electron chi connectivity index (χ3n) is 2.61. The van der Waals surface area contributed by atoms with Crippen molar-refractivity contribution in [1.82, 2.24) is 4.90 Å². The normalized spacial score (nSPS) is 25.8. The maximum absolute atomic E-state index is 12.0. The topological polar surface area (TPSA) is 68.7 Å². The van der Waals surface area contributed by atoms with Gasteiger partial charge in [-0.05, 0) is 19.1 Å². The van der Waals surface area contributed by atoms with Crippen molar-refractivity contribution in [3.8, 4) is 0 Å². The lowest BCUT2D eigenvalue weighted by Crippen LogP contribution is -2.51. The van der Waals surface area contributed by atoms with Gasteiger partial charge in [0.1, 0.15) is 0 Å². The highest BCUT2D eigenvalue weighted by Crippen LogP contribution is 2.14. The Morgan fingerprint density at radius 2 is 2.44 bits per heavy atom. The smallest absolute Gasteiger partial charge is 0.289 e. The number of morpholine rings is 1. The summed E-state index contributed by atoms with van der Waals surface area (Å²) in [7, 11) is 0. The molecule has 2 atom stereocenters. The molecule has 0 spiro atoms. The van der Waals surface area contributed by atoms with E-state index in [2.05, 4.69) is 0 Å². The number of carbonyl (C=O) groups is 1. The minimum atomic E-state index is -0.0985. The summed E-state index contributed by atoms with van der Waals surface area (Å²) in [5.41, 5.74) is 5.56. The van der Waals surface area contributed by atoms with Crippen LogP contribution < -0.4 is 5.73 Å². The summed E-state index contributed by atoms with van der Waals surface area (Å²) in [5.74, 6) is 0.267. The number of rotatable bonds is 2. The van der Waals surface area contributed by atoms with E-state index in [-0.39, 0.29) is 18.1 Å². The molecule has 2 rings (SSSR count). The molecule has 1 aliphatic rings. The van der Waals surface area contributed by atoms with Crippen molar-refractivity contribution in [2.45, 2.75) is 19.1 Å². The lowest BCUT2D eigenvalue weighted by Gasteiger charge is -2.35. The summed E-state index contributed by atoms with van der Waals surface area (Å²) >= 11 is 0. The first-order valence-electron chi connectivity index (χ1n) is 5.39. The van der Waals surface area contributed by atoms with Gasteiger partial charge in [-0.2, -0.15) is 0 Å². The molecule has 0 saturated carbocycles. The first kappa shape index (κ1) is 11.2. The first-order chi connectivity index (χ1) is 7.70. The molecule has 1 aromatic heterocycles. The summed E-state index contributed by atoms with van der Waals surface area (Å²) in [5, 5.41) is 0. The van der Waals surface area contributed by atoms with Gasteiger partial charge in [0.2, 0.25) is 0 Å². The number of nitrogens with two attached hydrogens (primary N) is 1. The molecule has 1 amide bonds. The molecule has 88 valence electrons. The van der Waals surface area contributed by atoms with Crippen LogP contribution in [0.15, 0.2) is 22.8 Å². The highest BCUT2D eigenvalue weighted by molar-refractivity contribution is 5.91. The van der Waals surface area contributed by atoms with Crippen molar-refractivity contribution in [3.05, 3.63) is 24.2 Å². The average Bonchev–Trinajstić information content (AvgIpc) is 2.80. The average molecular weight is 224 g/mol. The Labute approximate surface area is 94.1 Å². The minimum Gasteiger partial charge on any atom is -0.459 e. The molecule has 5 nitrogen and oxygen atoms in total. The molecule has 0 aromatic carbocycles. The molecule has 2 heterocycles. The molecule has 1 aromatic rings. The Bertz CT molecular complexity index is 350. The molecular formula is C11H16N2O3. The van der Waals surface area contributed by atoms with E-state index in [4.69, 9.17) is 14.9 Å². The van der Waals surface area contributed by atoms with Crippen LogP contribution in [-0.2, 0) is 4.74 Å². The van der Waals surface area contributed by atoms with E-state index in [1.54, 1.807) is 17.0 Å². The lowest BCUT2D eigenvalue weighted by molar-refractivity contribution is -0.0631. The van der Waals surface area contributed by atoms with Gasteiger partial charge in [0, 0.05) is 19.6 Å². The SMILES string of the molecule is CC1CN(C(=O)c2ccco2)CC(CN)O1. The summed E-state index contributed by atoms with van der Waals surface area (Å²) in [6, 6.07) is 3.37. The van der Waals surface area contributed by atoms with Gasteiger partial charge in [-0.15, -0.1) is 0 Å². The summed E-state index contributed by atoms with van der Waals surface area (Å²) in [6.07, 6.45) is 1.43. The van der Waals surface area contributed by atoms with Crippen LogP contribution >= 0.6 is 0 Å². The van der Waals surface area contributed by atoms with Gasteiger partial charge in [-0.1, -0.05) is 0 Å². The van der Waals surface area contributed by atoms with Crippen LogP contribution in [0.3, 0.4) is 0 Å². The predicted octanol–water partition coefficient (Wildman–Crippen LogP) is 0.468. The summed E-state index contributed by atoms with van der Waals surface area (Å²) in [4.78, 5) is 13.7. The maximum Gasteiger partial charge on any atom is 0.289 e. The quantitative estimate of drug-likeness (QED) is 0.792. The Morgan fingerprint density at radius 1 is 1.62 bits per heavy atom. The van der Waals surface area contributed by atoms with E-state index in [9.17, 15) is 4.79 Å². The number of hydrogen-bond donors (Lipinski definition) is 1. The minimum absolute atomic E-state index is 0.0150. The second-order valence-corrected chi connectivity index (χ2v) is 3.99. The third-order valence-corrected chi connectivity index (χ3v) is 2.61. The second kappa shape index (κ2) is 4.67. The molecule has 0 aliphatic carbocycles. The monoisotopic (exact) mass is 224 g/mol. The van der Waals surface area contributed by atoms with Crippen LogP contribution in [0.5, 0.6) is 0 Å². The molecule has 16 heavy (non-hydrogen) atoms. The standard InChI is InChI=1S/C11H16N2O3/c1-8-6-13(7-9(5-12)16-8)11(14)10-3-2-4-15-10/h2-4,8-9H,5-7,12H2,1H3. The number of carbonyl (C=O) groups excluding carboxylic acids is 1. The number of amides is 1. The van der Waals surface area contributed by atoms with Crippen molar-refractivity contribution in [2.24, 2.45) is 5.73 Å². The van der Waals surface area contributed by atoms with Crippen molar-refractivity contribution in [3.63, 3.8) is 0 Å². The Kier molecular flexibility index (Phi) is 3.26. The van der Waals surface area contributed by atoms with Gasteiger partial charge in [0.05, 0.1) is 18.5 Å². The number of furan rings is 1. The molecule has 1 fully saturated rings. The largest absolute Gasteiger partial charge is 0.459 e. The fraction of sp³-hybridized carbons (Fsp3) is 0.545. The van der Waals surface area contributed by atoms with E-state index in [0.29, 0.717) is 25.4 Å². The fourth-order valence-corrected chi connectivity index (χ4v) is 1.90. The lowest BCUT2D eigenvalue weighted by atomic mass is 10.2. The van der Waals surface area contributed by atoms with Crippen LogP contribution in [0.4, 0.5) is 0 Å². The predicted molar refractivity (Wildman–Crippen MR) is 58.0 cm³/mol. The third kappa shape index (κ3) is 2.25. The van der Waals surface area contributed by atoms with Crippen LogP contribution in [0, 0.1) is 0 Å². The van der Waals surface area contributed by atoms with Gasteiger partial charge < -0.3 is 19.8 Å². The van der Waals surface area contributed by atoms with Gasteiger partial charge in [0.25, 0.3) is 5.91 Å². The van der Waals surface area contributed by atoms with Crippen LogP contribution in [0.2, 0.25) is 0 Å². The molecule has 1 saturated heterocycles. The van der Waals surface area contributed by atoms with Gasteiger partial charge in [-0.25, -0.2) is 0 Å². The first-order valence-corrected chi connectivity index (χ1v) is 5.39. The van der Waals surface area contributed by atoms with Crippen molar-refractivity contribution in [2.75, 3.05) is 19.6 Å². The molecule has 2 unspecified atom stereocenters. The van der Waals surface area contributed by atoms with E-state index >= 15 is 0 Å². The molecule has 0 radical (unpaired) electrons. The van der Waals surface area contributed by atoms with Crippen molar-refractivity contribution < 1.29 is 13.9 Å². The summed E-state index contributed by atoms with van der Waals surface area (Å²) < 4.78 is 10.7. The Balaban J connectivity index is 2.06. The molecular weight excluding hydrogens is 208 g/mol. The number of ether oxygens (including phenoxy) is 1. The Morgan fingerprint density at radius 3 is 3.06 bits per heavy atom. The maximum atomic E-state index is 12.0. The highest BCUT2D eigenvalue weighted by Gasteiger charge is 2.29. The molecule has 1 aliphatic heterocycles. The zero-order valence-electron chi connectivity index (χ0n) is 9.26. The highest BCUT2D eigenvalue weighted by atomic mass is 16.5. The summed E-state index contributed by atoms with van der Waals surface area (Å²) in [6.45, 7) is 3.47.